The largest absolute Gasteiger partial charge is 0.378 e. The Morgan fingerprint density at radius 3 is 2.65 bits per heavy atom. The second-order valence-corrected chi connectivity index (χ2v) is 8.81. The van der Waals surface area contributed by atoms with Gasteiger partial charge in [-0.2, -0.15) is 0 Å². The van der Waals surface area contributed by atoms with Gasteiger partial charge in [0.05, 0.1) is 24.4 Å². The molecule has 0 spiro atoms. The van der Waals surface area contributed by atoms with Crippen molar-refractivity contribution in [3.05, 3.63) is 35.9 Å². The zero-order valence-corrected chi connectivity index (χ0v) is 21.1. The Hall–Kier alpha value is -0.900. The molecule has 0 aliphatic carbocycles. The Morgan fingerprint density at radius 1 is 1.16 bits per heavy atom. The first-order valence-electron chi connectivity index (χ1n) is 11.9. The molecule has 1 aromatic rings. The average molecular weight is 543 g/mol. The summed E-state index contributed by atoms with van der Waals surface area (Å²) in [5.74, 6) is 0.924. The summed E-state index contributed by atoms with van der Waals surface area (Å²) in [6, 6.07) is 11.2. The minimum Gasteiger partial charge on any atom is -0.378 e. The fourth-order valence-electron chi connectivity index (χ4n) is 4.87. The van der Waals surface area contributed by atoms with Crippen LogP contribution >= 0.6 is 24.0 Å². The van der Waals surface area contributed by atoms with Crippen molar-refractivity contribution in [1.82, 2.24) is 15.5 Å². The summed E-state index contributed by atoms with van der Waals surface area (Å²) in [4.78, 5) is 7.29. The van der Waals surface area contributed by atoms with Crippen molar-refractivity contribution in [1.29, 1.82) is 0 Å². The average Bonchev–Trinajstić information content (AvgIpc) is 3.39. The molecule has 2 N–H and O–H groups in total. The maximum Gasteiger partial charge on any atom is 0.191 e. The predicted octanol–water partition coefficient (Wildman–Crippen LogP) is 3.55. The van der Waals surface area contributed by atoms with Crippen LogP contribution in [-0.4, -0.2) is 68.0 Å². The summed E-state index contributed by atoms with van der Waals surface area (Å²) in [5, 5.41) is 6.95. The third kappa shape index (κ3) is 7.58. The van der Waals surface area contributed by atoms with E-state index in [1.54, 1.807) is 0 Å². The highest BCUT2D eigenvalue weighted by Gasteiger charge is 2.41. The molecular weight excluding hydrogens is 503 g/mol. The molecule has 4 rings (SSSR count). The number of guanidine groups is 1. The zero-order chi connectivity index (χ0) is 20.6. The van der Waals surface area contributed by atoms with Crippen LogP contribution in [0.1, 0.15) is 51.0 Å². The van der Waals surface area contributed by atoms with Gasteiger partial charge in [0.2, 0.25) is 0 Å². The van der Waals surface area contributed by atoms with Crippen LogP contribution in [0.4, 0.5) is 0 Å². The molecule has 0 aromatic heterocycles. The van der Waals surface area contributed by atoms with E-state index in [-0.39, 0.29) is 24.0 Å². The maximum absolute atomic E-state index is 6.14. The lowest BCUT2D eigenvalue weighted by Crippen LogP contribution is -2.47. The van der Waals surface area contributed by atoms with Crippen LogP contribution < -0.4 is 10.6 Å². The Kier molecular flexibility index (Phi) is 10.3. The van der Waals surface area contributed by atoms with Gasteiger partial charge in [0, 0.05) is 39.3 Å². The molecular formula is C24H39IN4O2. The molecule has 1 aromatic carbocycles. The SMILES string of the molecule is CCNC(=NCCCOC1CCN(Cc2ccccc2)CC1)NC1CC2CCC1O2.I. The highest BCUT2D eigenvalue weighted by Crippen LogP contribution is 2.34. The predicted molar refractivity (Wildman–Crippen MR) is 136 cm³/mol. The number of nitrogens with zero attached hydrogens (tertiary/aromatic N) is 2. The van der Waals surface area contributed by atoms with E-state index in [1.165, 1.54) is 18.4 Å². The van der Waals surface area contributed by atoms with Crippen LogP contribution in [-0.2, 0) is 16.0 Å². The first-order chi connectivity index (χ1) is 14.8. The highest BCUT2D eigenvalue weighted by molar-refractivity contribution is 14.0. The van der Waals surface area contributed by atoms with Gasteiger partial charge in [-0.05, 0) is 51.0 Å². The van der Waals surface area contributed by atoms with Crippen LogP contribution in [0, 0.1) is 0 Å². The number of ether oxygens (including phenoxy) is 2. The fourth-order valence-corrected chi connectivity index (χ4v) is 4.87. The van der Waals surface area contributed by atoms with E-state index in [4.69, 9.17) is 14.5 Å². The van der Waals surface area contributed by atoms with Gasteiger partial charge < -0.3 is 20.1 Å². The van der Waals surface area contributed by atoms with Crippen molar-refractivity contribution in [3.63, 3.8) is 0 Å². The maximum atomic E-state index is 6.14. The van der Waals surface area contributed by atoms with Gasteiger partial charge in [-0.1, -0.05) is 30.3 Å². The molecule has 2 bridgehead atoms. The molecule has 3 heterocycles. The van der Waals surface area contributed by atoms with Crippen LogP contribution in [0.5, 0.6) is 0 Å². The van der Waals surface area contributed by atoms with Gasteiger partial charge in [-0.25, -0.2) is 0 Å². The first-order valence-corrected chi connectivity index (χ1v) is 11.9. The van der Waals surface area contributed by atoms with Crippen LogP contribution in [0.15, 0.2) is 35.3 Å². The number of hydrogen-bond donors (Lipinski definition) is 2. The number of halogens is 1. The Bertz CT molecular complexity index is 667. The van der Waals surface area contributed by atoms with E-state index >= 15 is 0 Å². The smallest absolute Gasteiger partial charge is 0.191 e. The normalized spacial score (nSPS) is 26.6. The van der Waals surface area contributed by atoms with Gasteiger partial charge in [0.15, 0.2) is 5.96 Å². The number of piperidine rings is 1. The molecule has 31 heavy (non-hydrogen) atoms. The number of nitrogens with one attached hydrogen (secondary N) is 2. The monoisotopic (exact) mass is 542 g/mol. The zero-order valence-electron chi connectivity index (χ0n) is 18.8. The van der Waals surface area contributed by atoms with E-state index in [2.05, 4.69) is 52.8 Å². The standard InChI is InChI=1S/C24H38N4O2.HI/c1-2-25-24(27-22-17-21-9-10-23(22)30-21)26-13-6-16-29-20-11-14-28(15-12-20)18-19-7-4-3-5-8-19;/h3-5,7-8,20-23H,2,6,9-18H2,1H3,(H2,25,26,27);1H. The summed E-state index contributed by atoms with van der Waals surface area (Å²) in [6.45, 7) is 7.88. The minimum atomic E-state index is 0. The Morgan fingerprint density at radius 2 is 1.97 bits per heavy atom. The van der Waals surface area contributed by atoms with Crippen molar-refractivity contribution in [2.45, 2.75) is 76.3 Å². The second kappa shape index (κ2) is 13.0. The molecule has 3 fully saturated rings. The number of aliphatic imine (C=N–C) groups is 1. The number of hydrogen-bond acceptors (Lipinski definition) is 4. The number of benzene rings is 1. The molecule has 3 atom stereocenters. The van der Waals surface area contributed by atoms with Crippen molar-refractivity contribution < 1.29 is 9.47 Å². The van der Waals surface area contributed by atoms with Crippen LogP contribution in [0.25, 0.3) is 0 Å². The van der Waals surface area contributed by atoms with Gasteiger partial charge in [0.25, 0.3) is 0 Å². The molecule has 3 aliphatic heterocycles. The van der Waals surface area contributed by atoms with Gasteiger partial charge >= 0.3 is 0 Å². The van der Waals surface area contributed by atoms with Crippen LogP contribution in [0.2, 0.25) is 0 Å². The van der Waals surface area contributed by atoms with Crippen LogP contribution in [0.3, 0.4) is 0 Å². The second-order valence-electron chi connectivity index (χ2n) is 8.81. The van der Waals surface area contributed by atoms with Crippen molar-refractivity contribution in [2.75, 3.05) is 32.8 Å². The molecule has 0 amide bonds. The third-order valence-corrected chi connectivity index (χ3v) is 6.48. The molecule has 3 unspecified atom stereocenters. The molecule has 3 saturated heterocycles. The van der Waals surface area contributed by atoms with E-state index < -0.39 is 0 Å². The van der Waals surface area contributed by atoms with Gasteiger partial charge in [-0.15, -0.1) is 24.0 Å². The lowest BCUT2D eigenvalue weighted by molar-refractivity contribution is 0.00565. The molecule has 0 radical (unpaired) electrons. The summed E-state index contributed by atoms with van der Waals surface area (Å²) < 4.78 is 12.1. The molecule has 0 saturated carbocycles. The lowest BCUT2D eigenvalue weighted by atomic mass is 9.96. The summed E-state index contributed by atoms with van der Waals surface area (Å²) in [5.41, 5.74) is 1.40. The van der Waals surface area contributed by atoms with E-state index in [9.17, 15) is 0 Å². The highest BCUT2D eigenvalue weighted by atomic mass is 127. The Labute approximate surface area is 204 Å². The lowest BCUT2D eigenvalue weighted by Gasteiger charge is -2.31. The van der Waals surface area contributed by atoms with E-state index in [0.29, 0.717) is 24.4 Å². The fraction of sp³-hybridized carbons (Fsp3) is 0.708. The quantitative estimate of drug-likeness (QED) is 0.217. The third-order valence-electron chi connectivity index (χ3n) is 6.48. The first kappa shape index (κ1) is 24.7. The van der Waals surface area contributed by atoms with Crippen molar-refractivity contribution in [2.24, 2.45) is 4.99 Å². The summed E-state index contributed by atoms with van der Waals surface area (Å²) >= 11 is 0. The topological polar surface area (TPSA) is 58.1 Å². The Balaban J connectivity index is 0.00000272. The number of likely N-dealkylation sites (tertiary alicyclic amines) is 1. The van der Waals surface area contributed by atoms with Crippen molar-refractivity contribution in [3.8, 4) is 0 Å². The molecule has 6 nitrogen and oxygen atoms in total. The van der Waals surface area contributed by atoms with Crippen molar-refractivity contribution >= 4 is 29.9 Å². The summed E-state index contributed by atoms with van der Waals surface area (Å²) in [7, 11) is 0. The van der Waals surface area contributed by atoms with Gasteiger partial charge in [0.1, 0.15) is 0 Å². The number of fused-ring (bicyclic) bond motifs is 2. The molecule has 174 valence electrons. The summed E-state index contributed by atoms with van der Waals surface area (Å²) in [6.07, 6.45) is 7.97. The number of rotatable bonds is 9. The molecule has 3 aliphatic rings. The minimum absolute atomic E-state index is 0. The van der Waals surface area contributed by atoms with Gasteiger partial charge in [-0.3, -0.25) is 9.89 Å². The molecule has 7 heteroatoms. The van der Waals surface area contributed by atoms with E-state index in [0.717, 1.165) is 71.0 Å². The van der Waals surface area contributed by atoms with E-state index in [1.807, 2.05) is 0 Å².